The van der Waals surface area contributed by atoms with Crippen LogP contribution < -0.4 is 16.6 Å². The molecule has 19 heavy (non-hydrogen) atoms. The maximum atomic E-state index is 5.47. The zero-order valence-electron chi connectivity index (χ0n) is 11.5. The summed E-state index contributed by atoms with van der Waals surface area (Å²) >= 11 is 0. The molecule has 1 aromatic heterocycles. The molecule has 0 atom stereocenters. The number of aryl methyl sites for hydroxylation is 2. The average molecular weight is 257 g/mol. The lowest BCUT2D eigenvalue weighted by atomic mass is 10.1. The third-order valence-corrected chi connectivity index (χ3v) is 3.08. The van der Waals surface area contributed by atoms with E-state index in [9.17, 15) is 0 Å². The normalized spacial score (nSPS) is 10.3. The summed E-state index contributed by atoms with van der Waals surface area (Å²) in [5.74, 6) is 6.92. The minimum absolute atomic E-state index is 0.658. The van der Waals surface area contributed by atoms with Gasteiger partial charge in [0.15, 0.2) is 0 Å². The number of hydrogen-bond donors (Lipinski definition) is 3. The van der Waals surface area contributed by atoms with Gasteiger partial charge < -0.3 is 10.7 Å². The maximum absolute atomic E-state index is 5.47. The number of nitrogen functional groups attached to an aromatic ring is 1. The Kier molecular flexibility index (Phi) is 3.97. The Hall–Kier alpha value is -2.14. The van der Waals surface area contributed by atoms with E-state index >= 15 is 0 Å². The molecular formula is C14H19N5. The van der Waals surface area contributed by atoms with Crippen molar-refractivity contribution in [2.75, 3.05) is 10.7 Å². The van der Waals surface area contributed by atoms with Crippen molar-refractivity contribution in [1.29, 1.82) is 0 Å². The van der Waals surface area contributed by atoms with Crippen molar-refractivity contribution in [3.8, 4) is 0 Å². The molecule has 0 radical (unpaired) electrons. The van der Waals surface area contributed by atoms with Crippen molar-refractivity contribution >= 4 is 17.3 Å². The highest BCUT2D eigenvalue weighted by molar-refractivity contribution is 5.67. The second-order valence-electron chi connectivity index (χ2n) is 4.49. The predicted molar refractivity (Wildman–Crippen MR) is 78.4 cm³/mol. The minimum atomic E-state index is 0.658. The van der Waals surface area contributed by atoms with Crippen LogP contribution in [0.15, 0.2) is 24.5 Å². The van der Waals surface area contributed by atoms with Crippen LogP contribution in [0.4, 0.5) is 17.3 Å². The zero-order chi connectivity index (χ0) is 13.8. The molecule has 0 aliphatic carbocycles. The quantitative estimate of drug-likeness (QED) is 0.580. The van der Waals surface area contributed by atoms with Gasteiger partial charge in [-0.05, 0) is 37.5 Å². The Balaban J connectivity index is 2.40. The molecule has 0 saturated carbocycles. The number of nitrogens with two attached hydrogens (primary N) is 1. The zero-order valence-corrected chi connectivity index (χ0v) is 11.5. The molecule has 5 nitrogen and oxygen atoms in total. The lowest BCUT2D eigenvalue weighted by Gasteiger charge is -2.14. The van der Waals surface area contributed by atoms with Gasteiger partial charge in [-0.25, -0.2) is 15.8 Å². The van der Waals surface area contributed by atoms with E-state index < -0.39 is 0 Å². The number of anilines is 3. The van der Waals surface area contributed by atoms with Crippen LogP contribution in [0, 0.1) is 13.8 Å². The van der Waals surface area contributed by atoms with Crippen molar-refractivity contribution in [3.05, 3.63) is 41.2 Å². The summed E-state index contributed by atoms with van der Waals surface area (Å²) in [4.78, 5) is 8.43. The highest BCUT2D eigenvalue weighted by Gasteiger charge is 2.10. The molecule has 0 amide bonds. The van der Waals surface area contributed by atoms with E-state index in [1.165, 1.54) is 17.5 Å². The van der Waals surface area contributed by atoms with Crippen LogP contribution in [-0.2, 0) is 6.42 Å². The highest BCUT2D eigenvalue weighted by Crippen LogP contribution is 2.25. The Morgan fingerprint density at radius 2 is 1.89 bits per heavy atom. The third-order valence-electron chi connectivity index (χ3n) is 3.08. The van der Waals surface area contributed by atoms with E-state index in [1.54, 1.807) is 0 Å². The number of nitrogens with one attached hydrogen (secondary N) is 2. The Labute approximate surface area is 113 Å². The lowest BCUT2D eigenvalue weighted by molar-refractivity contribution is 1.04. The van der Waals surface area contributed by atoms with E-state index in [2.05, 4.69) is 52.8 Å². The van der Waals surface area contributed by atoms with Crippen molar-refractivity contribution in [1.82, 2.24) is 9.97 Å². The second-order valence-corrected chi connectivity index (χ2v) is 4.49. The van der Waals surface area contributed by atoms with Gasteiger partial charge in [-0.2, -0.15) is 0 Å². The highest BCUT2D eigenvalue weighted by atomic mass is 15.3. The molecule has 0 saturated heterocycles. The predicted octanol–water partition coefficient (Wildman–Crippen LogP) is 2.69. The van der Waals surface area contributed by atoms with Gasteiger partial charge in [0.2, 0.25) is 0 Å². The van der Waals surface area contributed by atoms with Gasteiger partial charge in [0, 0.05) is 11.3 Å². The fraction of sp³-hybridized carbons (Fsp3) is 0.286. The van der Waals surface area contributed by atoms with Gasteiger partial charge in [-0.1, -0.05) is 19.1 Å². The van der Waals surface area contributed by atoms with Gasteiger partial charge in [0.1, 0.15) is 18.0 Å². The van der Waals surface area contributed by atoms with Crippen LogP contribution in [0.3, 0.4) is 0 Å². The topological polar surface area (TPSA) is 75.9 Å². The standard InChI is InChI=1S/C14H19N5/c1-4-11-13(16-8-17-14(11)19-15)18-12-7-9(2)5-6-10(12)3/h5-8H,4,15H2,1-3H3,(H2,16,17,18,19). The van der Waals surface area contributed by atoms with Gasteiger partial charge in [-0.3, -0.25) is 0 Å². The number of benzene rings is 1. The van der Waals surface area contributed by atoms with Crippen molar-refractivity contribution in [2.45, 2.75) is 27.2 Å². The SMILES string of the molecule is CCc1c(NN)ncnc1Nc1cc(C)ccc1C. The number of aromatic nitrogens is 2. The Morgan fingerprint density at radius 3 is 2.58 bits per heavy atom. The third kappa shape index (κ3) is 2.82. The monoisotopic (exact) mass is 257 g/mol. The number of hydrogen-bond acceptors (Lipinski definition) is 5. The molecule has 0 unspecified atom stereocenters. The summed E-state index contributed by atoms with van der Waals surface area (Å²) < 4.78 is 0. The van der Waals surface area contributed by atoms with Crippen LogP contribution in [0.5, 0.6) is 0 Å². The van der Waals surface area contributed by atoms with Crippen LogP contribution in [0.25, 0.3) is 0 Å². The fourth-order valence-corrected chi connectivity index (χ4v) is 1.98. The first-order valence-electron chi connectivity index (χ1n) is 6.30. The van der Waals surface area contributed by atoms with Crippen LogP contribution in [-0.4, -0.2) is 9.97 Å². The smallest absolute Gasteiger partial charge is 0.148 e. The largest absolute Gasteiger partial charge is 0.340 e. The van der Waals surface area contributed by atoms with E-state index in [0.29, 0.717) is 5.82 Å². The molecule has 0 aliphatic heterocycles. The minimum Gasteiger partial charge on any atom is -0.340 e. The molecule has 1 heterocycles. The molecule has 5 heteroatoms. The summed E-state index contributed by atoms with van der Waals surface area (Å²) in [5.41, 5.74) is 7.02. The molecule has 2 aromatic rings. The van der Waals surface area contributed by atoms with Crippen LogP contribution in [0.2, 0.25) is 0 Å². The van der Waals surface area contributed by atoms with E-state index in [-0.39, 0.29) is 0 Å². The molecule has 4 N–H and O–H groups in total. The molecular weight excluding hydrogens is 238 g/mol. The lowest BCUT2D eigenvalue weighted by Crippen LogP contribution is -2.13. The van der Waals surface area contributed by atoms with Gasteiger partial charge in [0.05, 0.1) is 0 Å². The molecule has 0 spiro atoms. The van der Waals surface area contributed by atoms with Crippen molar-refractivity contribution < 1.29 is 0 Å². The number of hydrazine groups is 1. The van der Waals surface area contributed by atoms with Gasteiger partial charge >= 0.3 is 0 Å². The summed E-state index contributed by atoms with van der Waals surface area (Å²) in [7, 11) is 0. The first-order valence-corrected chi connectivity index (χ1v) is 6.30. The summed E-state index contributed by atoms with van der Waals surface area (Å²) in [5, 5.41) is 3.36. The first kappa shape index (κ1) is 13.3. The van der Waals surface area contributed by atoms with E-state index in [0.717, 1.165) is 23.5 Å². The summed E-state index contributed by atoms with van der Waals surface area (Å²) in [6, 6.07) is 6.28. The average Bonchev–Trinajstić information content (AvgIpc) is 2.42. The first-order chi connectivity index (χ1) is 9.15. The van der Waals surface area contributed by atoms with Gasteiger partial charge in [-0.15, -0.1) is 0 Å². The van der Waals surface area contributed by atoms with E-state index in [1.807, 2.05) is 6.92 Å². The number of rotatable bonds is 4. The fourth-order valence-electron chi connectivity index (χ4n) is 1.98. The molecule has 0 fully saturated rings. The van der Waals surface area contributed by atoms with Gasteiger partial charge in [0.25, 0.3) is 0 Å². The Morgan fingerprint density at radius 1 is 1.16 bits per heavy atom. The summed E-state index contributed by atoms with van der Waals surface area (Å²) in [6.07, 6.45) is 2.30. The summed E-state index contributed by atoms with van der Waals surface area (Å²) in [6.45, 7) is 6.18. The maximum Gasteiger partial charge on any atom is 0.148 e. The molecule has 1 aromatic carbocycles. The van der Waals surface area contributed by atoms with Crippen LogP contribution in [0.1, 0.15) is 23.6 Å². The Bertz CT molecular complexity index is 580. The van der Waals surface area contributed by atoms with Crippen LogP contribution >= 0.6 is 0 Å². The van der Waals surface area contributed by atoms with Crippen molar-refractivity contribution in [2.24, 2.45) is 5.84 Å². The van der Waals surface area contributed by atoms with Crippen molar-refractivity contribution in [3.63, 3.8) is 0 Å². The van der Waals surface area contributed by atoms with E-state index in [4.69, 9.17) is 5.84 Å². The second kappa shape index (κ2) is 5.67. The molecule has 0 bridgehead atoms. The molecule has 100 valence electrons. The molecule has 0 aliphatic rings. The number of nitrogens with zero attached hydrogens (tertiary/aromatic N) is 2. The molecule has 2 rings (SSSR count).